The first-order valence-electron chi connectivity index (χ1n) is 5.65. The molecular weight excluding hydrogens is 198 g/mol. The Labute approximate surface area is 91.6 Å². The minimum Gasteiger partial charge on any atom is -0.340 e. The predicted molar refractivity (Wildman–Crippen MR) is 59.6 cm³/mol. The summed E-state index contributed by atoms with van der Waals surface area (Å²) in [5.41, 5.74) is 0. The largest absolute Gasteiger partial charge is 0.340 e. The lowest BCUT2D eigenvalue weighted by molar-refractivity contribution is -0.134. The first-order valence-corrected chi connectivity index (χ1v) is 6.18. The molecule has 82 valence electrons. The van der Waals surface area contributed by atoms with E-state index < -0.39 is 0 Å². The SMILES string of the molecule is CCCC1CCCCN1C(=O)CCCl. The Balaban J connectivity index is 2.48. The number of amides is 1. The highest BCUT2D eigenvalue weighted by molar-refractivity contribution is 6.18. The topological polar surface area (TPSA) is 20.3 Å². The molecule has 1 fully saturated rings. The Hall–Kier alpha value is -0.240. The van der Waals surface area contributed by atoms with Gasteiger partial charge in [0.15, 0.2) is 0 Å². The lowest BCUT2D eigenvalue weighted by Gasteiger charge is -2.35. The van der Waals surface area contributed by atoms with Crippen molar-refractivity contribution in [3.8, 4) is 0 Å². The second-order valence-electron chi connectivity index (χ2n) is 3.96. The summed E-state index contributed by atoms with van der Waals surface area (Å²) in [4.78, 5) is 13.8. The van der Waals surface area contributed by atoms with Crippen LogP contribution in [0.5, 0.6) is 0 Å². The number of piperidine rings is 1. The molecule has 0 N–H and O–H groups in total. The number of hydrogen-bond donors (Lipinski definition) is 0. The summed E-state index contributed by atoms with van der Waals surface area (Å²) in [5, 5.41) is 0. The van der Waals surface area contributed by atoms with Gasteiger partial charge in [-0.3, -0.25) is 4.79 Å². The van der Waals surface area contributed by atoms with Gasteiger partial charge in [-0.25, -0.2) is 0 Å². The van der Waals surface area contributed by atoms with E-state index in [-0.39, 0.29) is 5.91 Å². The summed E-state index contributed by atoms with van der Waals surface area (Å²) in [6, 6.07) is 0.490. The van der Waals surface area contributed by atoms with Gasteiger partial charge in [0.25, 0.3) is 0 Å². The highest BCUT2D eigenvalue weighted by Gasteiger charge is 2.24. The molecule has 0 bridgehead atoms. The molecular formula is C11H20ClNO. The van der Waals surface area contributed by atoms with Crippen LogP contribution in [0.4, 0.5) is 0 Å². The average molecular weight is 218 g/mol. The maximum absolute atomic E-state index is 11.7. The van der Waals surface area contributed by atoms with Crippen LogP contribution in [-0.4, -0.2) is 29.3 Å². The van der Waals surface area contributed by atoms with Crippen molar-refractivity contribution in [2.45, 2.75) is 51.5 Å². The van der Waals surface area contributed by atoms with Crippen LogP contribution < -0.4 is 0 Å². The lowest BCUT2D eigenvalue weighted by Crippen LogP contribution is -2.43. The fourth-order valence-corrected chi connectivity index (χ4v) is 2.35. The van der Waals surface area contributed by atoms with Crippen molar-refractivity contribution in [3.05, 3.63) is 0 Å². The molecule has 0 aromatic carbocycles. The Morgan fingerprint density at radius 2 is 2.29 bits per heavy atom. The van der Waals surface area contributed by atoms with Crippen LogP contribution in [0.15, 0.2) is 0 Å². The number of likely N-dealkylation sites (tertiary alicyclic amines) is 1. The van der Waals surface area contributed by atoms with Crippen LogP contribution in [-0.2, 0) is 4.79 Å². The maximum atomic E-state index is 11.7. The number of alkyl halides is 1. The Bertz CT molecular complexity index is 182. The van der Waals surface area contributed by atoms with Crippen LogP contribution in [0.3, 0.4) is 0 Å². The number of hydrogen-bond acceptors (Lipinski definition) is 1. The van der Waals surface area contributed by atoms with E-state index in [4.69, 9.17) is 11.6 Å². The van der Waals surface area contributed by atoms with Crippen molar-refractivity contribution in [1.82, 2.24) is 4.90 Å². The summed E-state index contributed by atoms with van der Waals surface area (Å²) in [7, 11) is 0. The number of halogens is 1. The second-order valence-corrected chi connectivity index (χ2v) is 4.34. The van der Waals surface area contributed by atoms with Gasteiger partial charge in [-0.1, -0.05) is 13.3 Å². The van der Waals surface area contributed by atoms with E-state index in [2.05, 4.69) is 11.8 Å². The third-order valence-corrected chi connectivity index (χ3v) is 3.07. The smallest absolute Gasteiger partial charge is 0.224 e. The van der Waals surface area contributed by atoms with E-state index in [1.807, 2.05) is 0 Å². The molecule has 1 unspecified atom stereocenters. The van der Waals surface area contributed by atoms with Gasteiger partial charge in [0.1, 0.15) is 0 Å². The molecule has 1 amide bonds. The molecule has 2 nitrogen and oxygen atoms in total. The van der Waals surface area contributed by atoms with Crippen molar-refractivity contribution in [2.24, 2.45) is 0 Å². The van der Waals surface area contributed by atoms with Gasteiger partial charge in [0.2, 0.25) is 5.91 Å². The van der Waals surface area contributed by atoms with E-state index >= 15 is 0 Å². The molecule has 0 radical (unpaired) electrons. The van der Waals surface area contributed by atoms with Crippen LogP contribution in [0.25, 0.3) is 0 Å². The summed E-state index contributed by atoms with van der Waals surface area (Å²) in [6.45, 7) is 3.12. The number of nitrogens with zero attached hydrogens (tertiary/aromatic N) is 1. The number of carbonyl (C=O) groups excluding carboxylic acids is 1. The van der Waals surface area contributed by atoms with Crippen LogP contribution >= 0.6 is 11.6 Å². The standard InChI is InChI=1S/C11H20ClNO/c1-2-5-10-6-3-4-9-13(10)11(14)7-8-12/h10H,2-9H2,1H3. The molecule has 0 aromatic rings. The van der Waals surface area contributed by atoms with Gasteiger partial charge in [-0.2, -0.15) is 0 Å². The van der Waals surface area contributed by atoms with E-state index in [1.54, 1.807) is 0 Å². The predicted octanol–water partition coefficient (Wildman–Crippen LogP) is 2.80. The summed E-state index contributed by atoms with van der Waals surface area (Å²) in [6.07, 6.45) is 6.43. The van der Waals surface area contributed by atoms with Crippen LogP contribution in [0.1, 0.15) is 45.4 Å². The number of rotatable bonds is 4. The fourth-order valence-electron chi connectivity index (χ4n) is 2.19. The van der Waals surface area contributed by atoms with Crippen molar-refractivity contribution in [1.29, 1.82) is 0 Å². The molecule has 0 aromatic heterocycles. The van der Waals surface area contributed by atoms with E-state index in [9.17, 15) is 4.79 Å². The van der Waals surface area contributed by atoms with E-state index in [0.29, 0.717) is 18.3 Å². The second kappa shape index (κ2) is 6.28. The van der Waals surface area contributed by atoms with Gasteiger partial charge in [-0.15, -0.1) is 11.6 Å². The average Bonchev–Trinajstić information content (AvgIpc) is 2.19. The Morgan fingerprint density at radius 1 is 1.50 bits per heavy atom. The molecule has 1 aliphatic heterocycles. The first-order chi connectivity index (χ1) is 6.79. The minimum absolute atomic E-state index is 0.248. The van der Waals surface area contributed by atoms with Gasteiger partial charge < -0.3 is 4.90 Å². The quantitative estimate of drug-likeness (QED) is 0.664. The van der Waals surface area contributed by atoms with Gasteiger partial charge in [-0.05, 0) is 25.7 Å². The zero-order valence-electron chi connectivity index (χ0n) is 8.97. The maximum Gasteiger partial charge on any atom is 0.224 e. The van der Waals surface area contributed by atoms with E-state index in [0.717, 1.165) is 25.8 Å². The zero-order chi connectivity index (χ0) is 10.4. The minimum atomic E-state index is 0.248. The first kappa shape index (κ1) is 11.8. The van der Waals surface area contributed by atoms with Crippen molar-refractivity contribution >= 4 is 17.5 Å². The molecule has 0 aliphatic carbocycles. The van der Waals surface area contributed by atoms with Gasteiger partial charge in [0, 0.05) is 24.9 Å². The summed E-state index contributed by atoms with van der Waals surface area (Å²) < 4.78 is 0. The highest BCUT2D eigenvalue weighted by atomic mass is 35.5. The Kier molecular flexibility index (Phi) is 5.31. The van der Waals surface area contributed by atoms with Crippen molar-refractivity contribution in [3.63, 3.8) is 0 Å². The fraction of sp³-hybridized carbons (Fsp3) is 0.909. The van der Waals surface area contributed by atoms with Crippen molar-refractivity contribution < 1.29 is 4.79 Å². The summed E-state index contributed by atoms with van der Waals surface area (Å²) >= 11 is 5.59. The van der Waals surface area contributed by atoms with Crippen LogP contribution in [0.2, 0.25) is 0 Å². The van der Waals surface area contributed by atoms with E-state index in [1.165, 1.54) is 12.8 Å². The lowest BCUT2D eigenvalue weighted by atomic mass is 9.98. The molecule has 1 rings (SSSR count). The highest BCUT2D eigenvalue weighted by Crippen LogP contribution is 2.21. The molecule has 0 saturated carbocycles. The van der Waals surface area contributed by atoms with Crippen molar-refractivity contribution in [2.75, 3.05) is 12.4 Å². The molecule has 3 heteroatoms. The Morgan fingerprint density at radius 3 is 2.93 bits per heavy atom. The van der Waals surface area contributed by atoms with Crippen LogP contribution in [0, 0.1) is 0 Å². The summed E-state index contributed by atoms with van der Waals surface area (Å²) in [5.74, 6) is 0.701. The molecule has 0 spiro atoms. The normalized spacial score (nSPS) is 22.4. The van der Waals surface area contributed by atoms with Gasteiger partial charge in [0.05, 0.1) is 0 Å². The van der Waals surface area contributed by atoms with Gasteiger partial charge >= 0.3 is 0 Å². The molecule has 1 aliphatic rings. The third kappa shape index (κ3) is 3.16. The number of carbonyl (C=O) groups is 1. The molecule has 1 atom stereocenters. The molecule has 1 saturated heterocycles. The zero-order valence-corrected chi connectivity index (χ0v) is 9.72. The molecule has 14 heavy (non-hydrogen) atoms. The monoisotopic (exact) mass is 217 g/mol. The molecule has 1 heterocycles. The third-order valence-electron chi connectivity index (χ3n) is 2.88.